The number of aromatic nitrogens is 1. The molecular weight excluding hydrogens is 525 g/mol. The van der Waals surface area contributed by atoms with Crippen molar-refractivity contribution in [1.82, 2.24) is 20.5 Å². The lowest BCUT2D eigenvalue weighted by molar-refractivity contribution is 0.0211. The van der Waals surface area contributed by atoms with E-state index in [9.17, 15) is 0 Å². The van der Waals surface area contributed by atoms with Crippen molar-refractivity contribution in [1.29, 1.82) is 0 Å². The number of rotatable bonds is 7. The lowest BCUT2D eigenvalue weighted by Crippen LogP contribution is -2.49. The number of ether oxygens (including phenoxy) is 1. The summed E-state index contributed by atoms with van der Waals surface area (Å²) in [5, 5.41) is 7.66. The molecule has 1 unspecified atom stereocenters. The van der Waals surface area contributed by atoms with Gasteiger partial charge in [-0.2, -0.15) is 0 Å². The topological polar surface area (TPSA) is 74.9 Å². The van der Waals surface area contributed by atoms with Crippen LogP contribution in [0.2, 0.25) is 0 Å². The van der Waals surface area contributed by atoms with Crippen molar-refractivity contribution in [2.75, 3.05) is 39.4 Å². The number of morpholine rings is 1. The van der Waals surface area contributed by atoms with E-state index in [1.807, 2.05) is 30.3 Å². The van der Waals surface area contributed by atoms with Crippen LogP contribution >= 0.6 is 35.3 Å². The minimum atomic E-state index is 0. The normalized spacial score (nSPS) is 16.1. The number of benzene rings is 1. The van der Waals surface area contributed by atoms with Crippen molar-refractivity contribution < 1.29 is 9.15 Å². The zero-order chi connectivity index (χ0) is 20.8. The van der Waals surface area contributed by atoms with Gasteiger partial charge in [-0.25, -0.2) is 9.98 Å². The molecule has 1 aliphatic rings. The van der Waals surface area contributed by atoms with Gasteiger partial charge in [-0.1, -0.05) is 12.1 Å². The highest BCUT2D eigenvalue weighted by molar-refractivity contribution is 14.0. The second-order valence-corrected chi connectivity index (χ2v) is 8.36. The molecule has 0 amide bonds. The number of para-hydroxylation sites is 1. The fourth-order valence-corrected chi connectivity index (χ4v) is 4.37. The van der Waals surface area contributed by atoms with Gasteiger partial charge in [0.05, 0.1) is 23.4 Å². The molecule has 3 aromatic rings. The Morgan fingerprint density at radius 2 is 2.00 bits per heavy atom. The Balaban J connectivity index is 0.00000272. The van der Waals surface area contributed by atoms with Gasteiger partial charge in [0.1, 0.15) is 12.3 Å². The molecule has 0 spiro atoms. The molecule has 4 rings (SSSR count). The number of nitrogens with zero attached hydrogens (tertiary/aromatic N) is 3. The molecule has 2 aromatic heterocycles. The maximum absolute atomic E-state index is 6.01. The number of aliphatic imine (C=N–C) groups is 1. The van der Waals surface area contributed by atoms with Crippen molar-refractivity contribution in [2.24, 2.45) is 4.99 Å². The van der Waals surface area contributed by atoms with Gasteiger partial charge in [-0.15, -0.1) is 35.3 Å². The monoisotopic (exact) mass is 555 g/mol. The molecule has 0 aliphatic carbocycles. The number of halogens is 1. The first kappa shape index (κ1) is 24.0. The predicted octanol–water partition coefficient (Wildman–Crippen LogP) is 3.95. The summed E-state index contributed by atoms with van der Waals surface area (Å²) in [6.07, 6.45) is 0. The zero-order valence-corrected chi connectivity index (χ0v) is 21.1. The van der Waals surface area contributed by atoms with Crippen LogP contribution in [0.1, 0.15) is 19.6 Å². The van der Waals surface area contributed by atoms with E-state index >= 15 is 0 Å². The maximum atomic E-state index is 6.01. The lowest BCUT2D eigenvalue weighted by Gasteiger charge is -2.32. The van der Waals surface area contributed by atoms with E-state index in [1.165, 1.54) is 0 Å². The van der Waals surface area contributed by atoms with Crippen LogP contribution < -0.4 is 10.6 Å². The van der Waals surface area contributed by atoms with Crippen molar-refractivity contribution in [3.05, 3.63) is 42.2 Å². The first-order valence-corrected chi connectivity index (χ1v) is 11.3. The van der Waals surface area contributed by atoms with Crippen LogP contribution in [0.25, 0.3) is 21.0 Å². The van der Waals surface area contributed by atoms with E-state index in [0.717, 1.165) is 72.1 Å². The van der Waals surface area contributed by atoms with Crippen molar-refractivity contribution in [2.45, 2.75) is 26.4 Å². The Kier molecular flexibility index (Phi) is 9.12. The molecule has 1 aliphatic heterocycles. The molecule has 9 heteroatoms. The standard InChI is InChI=1S/C22H29N5O2S.HI/c1-3-23-22(24-14-16(2)27-10-12-28-13-11-27)25-15-17-8-9-19(29-17)21-26-18-6-4-5-7-20(18)30-21;/h4-9,16H,3,10-15H2,1-2H3,(H2,23,24,25);1H. The Bertz CT molecular complexity index is 950. The fourth-order valence-electron chi connectivity index (χ4n) is 3.45. The quantitative estimate of drug-likeness (QED) is 0.261. The third kappa shape index (κ3) is 6.41. The van der Waals surface area contributed by atoms with Crippen LogP contribution in [0.5, 0.6) is 0 Å². The summed E-state index contributed by atoms with van der Waals surface area (Å²) < 4.78 is 12.6. The van der Waals surface area contributed by atoms with E-state index in [0.29, 0.717) is 12.6 Å². The average molecular weight is 555 g/mol. The molecule has 1 aromatic carbocycles. The van der Waals surface area contributed by atoms with Crippen molar-refractivity contribution in [3.8, 4) is 10.8 Å². The molecule has 0 saturated carbocycles. The highest BCUT2D eigenvalue weighted by Gasteiger charge is 2.17. The molecule has 2 N–H and O–H groups in total. The summed E-state index contributed by atoms with van der Waals surface area (Å²) in [5.41, 5.74) is 1.00. The number of hydrogen-bond acceptors (Lipinski definition) is 6. The molecule has 3 heterocycles. The van der Waals surface area contributed by atoms with Crippen LogP contribution in [0.15, 0.2) is 45.8 Å². The number of fused-ring (bicyclic) bond motifs is 1. The number of nitrogens with one attached hydrogen (secondary N) is 2. The van der Waals surface area contributed by atoms with E-state index in [-0.39, 0.29) is 24.0 Å². The van der Waals surface area contributed by atoms with Gasteiger partial charge in [0.2, 0.25) is 0 Å². The number of guanidine groups is 1. The number of thiazole rings is 1. The number of furan rings is 1. The van der Waals surface area contributed by atoms with Crippen LogP contribution in [0.3, 0.4) is 0 Å². The Labute approximate surface area is 204 Å². The minimum absolute atomic E-state index is 0. The average Bonchev–Trinajstić information content (AvgIpc) is 3.43. The summed E-state index contributed by atoms with van der Waals surface area (Å²) in [4.78, 5) is 11.8. The Hall–Kier alpha value is -1.69. The fraction of sp³-hybridized carbons (Fsp3) is 0.455. The van der Waals surface area contributed by atoms with E-state index in [1.54, 1.807) is 11.3 Å². The second-order valence-electron chi connectivity index (χ2n) is 7.33. The van der Waals surface area contributed by atoms with Crippen LogP contribution in [0, 0.1) is 0 Å². The Morgan fingerprint density at radius 3 is 2.77 bits per heavy atom. The molecular formula is C22H30IN5O2S. The van der Waals surface area contributed by atoms with E-state index in [2.05, 4.69) is 40.4 Å². The molecule has 0 radical (unpaired) electrons. The van der Waals surface area contributed by atoms with Crippen LogP contribution in [0.4, 0.5) is 0 Å². The van der Waals surface area contributed by atoms with E-state index < -0.39 is 0 Å². The third-order valence-corrected chi connectivity index (χ3v) is 6.19. The highest BCUT2D eigenvalue weighted by Crippen LogP contribution is 2.31. The summed E-state index contributed by atoms with van der Waals surface area (Å²) in [6, 6.07) is 12.5. The van der Waals surface area contributed by atoms with Crippen LogP contribution in [-0.4, -0.2) is 61.3 Å². The van der Waals surface area contributed by atoms with Crippen molar-refractivity contribution in [3.63, 3.8) is 0 Å². The molecule has 1 fully saturated rings. The lowest BCUT2D eigenvalue weighted by atomic mass is 10.2. The SMILES string of the molecule is CCNC(=NCc1ccc(-c2nc3ccccc3s2)o1)NCC(C)N1CCOCC1.I. The molecule has 1 atom stereocenters. The van der Waals surface area contributed by atoms with Gasteiger partial charge in [0, 0.05) is 32.2 Å². The molecule has 0 bridgehead atoms. The van der Waals surface area contributed by atoms with Crippen LogP contribution in [-0.2, 0) is 11.3 Å². The highest BCUT2D eigenvalue weighted by atomic mass is 127. The molecule has 7 nitrogen and oxygen atoms in total. The van der Waals surface area contributed by atoms with Gasteiger partial charge in [0.25, 0.3) is 0 Å². The minimum Gasteiger partial charge on any atom is -0.457 e. The summed E-state index contributed by atoms with van der Waals surface area (Å²) in [7, 11) is 0. The number of hydrogen-bond donors (Lipinski definition) is 2. The molecule has 31 heavy (non-hydrogen) atoms. The second kappa shape index (κ2) is 11.8. The van der Waals surface area contributed by atoms with Gasteiger partial charge in [0.15, 0.2) is 16.7 Å². The van der Waals surface area contributed by atoms with Gasteiger partial charge >= 0.3 is 0 Å². The van der Waals surface area contributed by atoms with Gasteiger partial charge in [-0.05, 0) is 38.1 Å². The first-order valence-electron chi connectivity index (χ1n) is 10.5. The molecule has 168 valence electrons. The summed E-state index contributed by atoms with van der Waals surface area (Å²) in [5.74, 6) is 2.42. The largest absolute Gasteiger partial charge is 0.457 e. The first-order chi connectivity index (χ1) is 14.7. The summed E-state index contributed by atoms with van der Waals surface area (Å²) in [6.45, 7) is 10.0. The smallest absolute Gasteiger partial charge is 0.191 e. The predicted molar refractivity (Wildman–Crippen MR) is 137 cm³/mol. The van der Waals surface area contributed by atoms with Gasteiger partial charge < -0.3 is 19.8 Å². The molecule has 1 saturated heterocycles. The third-order valence-electron chi connectivity index (χ3n) is 5.14. The van der Waals surface area contributed by atoms with Gasteiger partial charge in [-0.3, -0.25) is 4.90 Å². The van der Waals surface area contributed by atoms with Crippen molar-refractivity contribution >= 4 is 51.5 Å². The maximum Gasteiger partial charge on any atom is 0.191 e. The Morgan fingerprint density at radius 1 is 1.19 bits per heavy atom. The zero-order valence-electron chi connectivity index (χ0n) is 18.0. The summed E-state index contributed by atoms with van der Waals surface area (Å²) >= 11 is 1.64. The van der Waals surface area contributed by atoms with E-state index in [4.69, 9.17) is 14.1 Å².